The van der Waals surface area contributed by atoms with E-state index in [1.54, 1.807) is 0 Å². The van der Waals surface area contributed by atoms with Gasteiger partial charge in [-0.05, 0) is 62.7 Å². The summed E-state index contributed by atoms with van der Waals surface area (Å²) in [5.74, 6) is 0.779. The van der Waals surface area contributed by atoms with Gasteiger partial charge < -0.3 is 10.2 Å². The number of hydrogen-bond donors (Lipinski definition) is 1. The molecule has 100 valence electrons. The van der Waals surface area contributed by atoms with Gasteiger partial charge in [0, 0.05) is 22.6 Å². The maximum Gasteiger partial charge on any atom is 0.0410 e. The van der Waals surface area contributed by atoms with E-state index >= 15 is 0 Å². The largest absolute Gasteiger partial charge is 0.312 e. The standard InChI is InChI=1S/C14H20BrClN2/c1-18-6-2-3-11(10-18)8-17-9-12-7-13(16)4-5-14(12)15/h4-5,7,11,17H,2-3,6,8-10H2,1H3. The Morgan fingerprint density at radius 3 is 3.11 bits per heavy atom. The van der Waals surface area contributed by atoms with Crippen LogP contribution in [0.2, 0.25) is 5.02 Å². The summed E-state index contributed by atoms with van der Waals surface area (Å²) in [7, 11) is 2.21. The third kappa shape index (κ3) is 4.23. The van der Waals surface area contributed by atoms with Crippen LogP contribution in [-0.2, 0) is 6.54 Å². The molecular formula is C14H20BrClN2. The lowest BCUT2D eigenvalue weighted by Crippen LogP contribution is -2.37. The van der Waals surface area contributed by atoms with E-state index in [-0.39, 0.29) is 0 Å². The first kappa shape index (κ1) is 14.3. The van der Waals surface area contributed by atoms with Gasteiger partial charge in [0.2, 0.25) is 0 Å². The monoisotopic (exact) mass is 330 g/mol. The molecule has 1 N–H and O–H groups in total. The Morgan fingerprint density at radius 2 is 2.33 bits per heavy atom. The summed E-state index contributed by atoms with van der Waals surface area (Å²) >= 11 is 9.57. The Balaban J connectivity index is 1.79. The van der Waals surface area contributed by atoms with Gasteiger partial charge in [0.25, 0.3) is 0 Å². The zero-order valence-electron chi connectivity index (χ0n) is 10.8. The molecule has 1 unspecified atom stereocenters. The van der Waals surface area contributed by atoms with Gasteiger partial charge in [0.15, 0.2) is 0 Å². The molecule has 1 aromatic rings. The van der Waals surface area contributed by atoms with Gasteiger partial charge in [0.05, 0.1) is 0 Å². The number of hydrogen-bond acceptors (Lipinski definition) is 2. The molecule has 2 rings (SSSR count). The topological polar surface area (TPSA) is 15.3 Å². The zero-order valence-corrected chi connectivity index (χ0v) is 13.1. The molecule has 2 nitrogen and oxygen atoms in total. The summed E-state index contributed by atoms with van der Waals surface area (Å²) in [6.07, 6.45) is 2.66. The number of nitrogens with one attached hydrogen (secondary N) is 1. The fourth-order valence-electron chi connectivity index (χ4n) is 2.53. The quantitative estimate of drug-likeness (QED) is 0.908. The maximum atomic E-state index is 6.01. The molecule has 0 spiro atoms. The Labute approximate surface area is 123 Å². The molecule has 0 aromatic heterocycles. The van der Waals surface area contributed by atoms with Crippen LogP contribution in [-0.4, -0.2) is 31.6 Å². The van der Waals surface area contributed by atoms with Crippen molar-refractivity contribution < 1.29 is 0 Å². The third-order valence-electron chi connectivity index (χ3n) is 3.48. The van der Waals surface area contributed by atoms with Crippen molar-refractivity contribution in [2.45, 2.75) is 19.4 Å². The summed E-state index contributed by atoms with van der Waals surface area (Å²) < 4.78 is 1.13. The highest BCUT2D eigenvalue weighted by molar-refractivity contribution is 9.10. The van der Waals surface area contributed by atoms with Gasteiger partial charge in [-0.1, -0.05) is 27.5 Å². The summed E-state index contributed by atoms with van der Waals surface area (Å²) in [4.78, 5) is 2.42. The molecule has 1 heterocycles. The van der Waals surface area contributed by atoms with E-state index in [0.29, 0.717) is 0 Å². The number of likely N-dealkylation sites (tertiary alicyclic amines) is 1. The molecule has 1 aromatic carbocycles. The van der Waals surface area contributed by atoms with Crippen molar-refractivity contribution in [1.29, 1.82) is 0 Å². The highest BCUT2D eigenvalue weighted by Gasteiger charge is 2.16. The minimum Gasteiger partial charge on any atom is -0.312 e. The van der Waals surface area contributed by atoms with Crippen LogP contribution in [0.4, 0.5) is 0 Å². The van der Waals surface area contributed by atoms with Gasteiger partial charge >= 0.3 is 0 Å². The third-order valence-corrected chi connectivity index (χ3v) is 4.49. The van der Waals surface area contributed by atoms with Crippen LogP contribution in [0.1, 0.15) is 18.4 Å². The first-order valence-corrected chi connectivity index (χ1v) is 7.65. The number of piperidine rings is 1. The van der Waals surface area contributed by atoms with Gasteiger partial charge in [-0.25, -0.2) is 0 Å². The van der Waals surface area contributed by atoms with E-state index in [9.17, 15) is 0 Å². The van der Waals surface area contributed by atoms with Crippen molar-refractivity contribution in [3.8, 4) is 0 Å². The van der Waals surface area contributed by atoms with Gasteiger partial charge in [-0.3, -0.25) is 0 Å². The summed E-state index contributed by atoms with van der Waals surface area (Å²) in [6.45, 7) is 4.42. The van der Waals surface area contributed by atoms with Crippen LogP contribution in [0.3, 0.4) is 0 Å². The van der Waals surface area contributed by atoms with Crippen LogP contribution in [0.15, 0.2) is 22.7 Å². The molecule has 0 radical (unpaired) electrons. The predicted octanol–water partition coefficient (Wildman–Crippen LogP) is 3.53. The fraction of sp³-hybridized carbons (Fsp3) is 0.571. The van der Waals surface area contributed by atoms with E-state index in [1.165, 1.54) is 31.5 Å². The second-order valence-corrected chi connectivity index (χ2v) is 6.43. The Hall–Kier alpha value is -0.0900. The highest BCUT2D eigenvalue weighted by atomic mass is 79.9. The second-order valence-electron chi connectivity index (χ2n) is 5.14. The van der Waals surface area contributed by atoms with Gasteiger partial charge in [0.1, 0.15) is 0 Å². The van der Waals surface area contributed by atoms with Crippen molar-refractivity contribution in [1.82, 2.24) is 10.2 Å². The fourth-order valence-corrected chi connectivity index (χ4v) is 3.11. The number of rotatable bonds is 4. The Morgan fingerprint density at radius 1 is 1.50 bits per heavy atom. The molecule has 0 saturated carbocycles. The Kier molecular flexibility index (Phi) is 5.49. The van der Waals surface area contributed by atoms with Crippen LogP contribution < -0.4 is 5.32 Å². The van der Waals surface area contributed by atoms with E-state index in [1.807, 2.05) is 18.2 Å². The Bertz CT molecular complexity index is 397. The van der Waals surface area contributed by atoms with Crippen molar-refractivity contribution in [3.63, 3.8) is 0 Å². The van der Waals surface area contributed by atoms with Crippen molar-refractivity contribution in [2.24, 2.45) is 5.92 Å². The van der Waals surface area contributed by atoms with Gasteiger partial charge in [-0.2, -0.15) is 0 Å². The van der Waals surface area contributed by atoms with Crippen LogP contribution >= 0.6 is 27.5 Å². The molecule has 18 heavy (non-hydrogen) atoms. The number of nitrogens with zero attached hydrogens (tertiary/aromatic N) is 1. The molecule has 4 heteroatoms. The molecule has 0 bridgehead atoms. The van der Waals surface area contributed by atoms with Crippen LogP contribution in [0.5, 0.6) is 0 Å². The van der Waals surface area contributed by atoms with E-state index < -0.39 is 0 Å². The lowest BCUT2D eigenvalue weighted by molar-refractivity contribution is 0.206. The van der Waals surface area contributed by atoms with Crippen LogP contribution in [0, 0.1) is 5.92 Å². The highest BCUT2D eigenvalue weighted by Crippen LogP contribution is 2.21. The first-order chi connectivity index (χ1) is 8.65. The molecular weight excluding hydrogens is 312 g/mol. The zero-order chi connectivity index (χ0) is 13.0. The summed E-state index contributed by atoms with van der Waals surface area (Å²) in [6, 6.07) is 5.94. The van der Waals surface area contributed by atoms with E-state index in [4.69, 9.17) is 11.6 Å². The molecule has 1 aliphatic rings. The van der Waals surface area contributed by atoms with Crippen molar-refractivity contribution in [3.05, 3.63) is 33.3 Å². The SMILES string of the molecule is CN1CCCC(CNCc2cc(Cl)ccc2Br)C1. The van der Waals surface area contributed by atoms with Crippen LogP contribution in [0.25, 0.3) is 0 Å². The number of halogens is 2. The van der Waals surface area contributed by atoms with Crippen molar-refractivity contribution in [2.75, 3.05) is 26.7 Å². The molecule has 1 atom stereocenters. The van der Waals surface area contributed by atoms with E-state index in [2.05, 4.69) is 33.2 Å². The summed E-state index contributed by atoms with van der Waals surface area (Å²) in [5, 5.41) is 4.34. The lowest BCUT2D eigenvalue weighted by atomic mass is 9.98. The molecule has 1 saturated heterocycles. The smallest absolute Gasteiger partial charge is 0.0410 e. The average molecular weight is 332 g/mol. The minimum absolute atomic E-state index is 0.779. The molecule has 1 fully saturated rings. The summed E-state index contributed by atoms with van der Waals surface area (Å²) in [5.41, 5.74) is 1.23. The minimum atomic E-state index is 0.779. The second kappa shape index (κ2) is 6.90. The molecule has 0 amide bonds. The average Bonchev–Trinajstić information content (AvgIpc) is 2.34. The van der Waals surface area contributed by atoms with Gasteiger partial charge in [-0.15, -0.1) is 0 Å². The molecule has 1 aliphatic heterocycles. The maximum absolute atomic E-state index is 6.01. The van der Waals surface area contributed by atoms with Crippen molar-refractivity contribution >= 4 is 27.5 Å². The first-order valence-electron chi connectivity index (χ1n) is 6.48. The number of benzene rings is 1. The normalized spacial score (nSPS) is 21.2. The lowest BCUT2D eigenvalue weighted by Gasteiger charge is -2.29. The molecule has 0 aliphatic carbocycles. The van der Waals surface area contributed by atoms with E-state index in [0.717, 1.165) is 28.5 Å². The predicted molar refractivity (Wildman–Crippen MR) is 81.1 cm³/mol.